The summed E-state index contributed by atoms with van der Waals surface area (Å²) in [5.74, 6) is 1.04. The fourth-order valence-electron chi connectivity index (χ4n) is 2.55. The van der Waals surface area contributed by atoms with Crippen LogP contribution in [0.15, 0.2) is 42.5 Å². The molecule has 0 radical (unpaired) electrons. The van der Waals surface area contributed by atoms with E-state index in [1.54, 1.807) is 7.11 Å². The van der Waals surface area contributed by atoms with Crippen molar-refractivity contribution in [3.05, 3.63) is 51.6 Å². The van der Waals surface area contributed by atoms with Crippen LogP contribution in [0.4, 0.5) is 5.69 Å². The molecule has 146 valence electrons. The molecular formula is C20H28IN3O3+2. The molecule has 6 nitrogen and oxygen atoms in total. The van der Waals surface area contributed by atoms with Crippen LogP contribution in [0.25, 0.3) is 0 Å². The van der Waals surface area contributed by atoms with E-state index in [1.165, 1.54) is 10.5 Å². The SMILES string of the molecule is COc1cc(C[NH2+]CC[NH+](C)C)cc(I)c1OCC(=O)Nc1ccccc1. The number of likely N-dealkylation sites (N-methyl/N-ethyl adjacent to an activating group) is 1. The fraction of sp³-hybridized carbons (Fsp3) is 0.350. The van der Waals surface area contributed by atoms with Gasteiger partial charge in [-0.2, -0.15) is 0 Å². The lowest BCUT2D eigenvalue weighted by Crippen LogP contribution is -3.09. The summed E-state index contributed by atoms with van der Waals surface area (Å²) in [7, 11) is 5.92. The zero-order valence-electron chi connectivity index (χ0n) is 16.0. The number of rotatable bonds is 10. The Morgan fingerprint density at radius 2 is 1.96 bits per heavy atom. The molecule has 0 heterocycles. The predicted molar refractivity (Wildman–Crippen MR) is 114 cm³/mol. The second-order valence-electron chi connectivity index (χ2n) is 6.55. The van der Waals surface area contributed by atoms with Crippen molar-refractivity contribution in [3.63, 3.8) is 0 Å². The number of anilines is 1. The summed E-state index contributed by atoms with van der Waals surface area (Å²) in [6.07, 6.45) is 0. The van der Waals surface area contributed by atoms with Gasteiger partial charge in [0.25, 0.3) is 5.91 Å². The highest BCUT2D eigenvalue weighted by Crippen LogP contribution is 2.33. The highest BCUT2D eigenvalue weighted by molar-refractivity contribution is 14.1. The first-order valence-corrected chi connectivity index (χ1v) is 10.0. The third kappa shape index (κ3) is 7.36. The van der Waals surface area contributed by atoms with Gasteiger partial charge >= 0.3 is 0 Å². The molecule has 2 aromatic rings. The van der Waals surface area contributed by atoms with E-state index in [4.69, 9.17) is 9.47 Å². The monoisotopic (exact) mass is 485 g/mol. The van der Waals surface area contributed by atoms with Crippen molar-refractivity contribution in [3.8, 4) is 11.5 Å². The smallest absolute Gasteiger partial charge is 0.262 e. The van der Waals surface area contributed by atoms with Crippen LogP contribution in [0.5, 0.6) is 11.5 Å². The Hall–Kier alpha value is -1.84. The summed E-state index contributed by atoms with van der Waals surface area (Å²) >= 11 is 2.22. The number of para-hydroxylation sites is 1. The Labute approximate surface area is 174 Å². The molecule has 27 heavy (non-hydrogen) atoms. The van der Waals surface area contributed by atoms with Crippen molar-refractivity contribution in [2.75, 3.05) is 46.2 Å². The highest BCUT2D eigenvalue weighted by Gasteiger charge is 2.14. The number of benzene rings is 2. The van der Waals surface area contributed by atoms with Crippen molar-refractivity contribution >= 4 is 34.2 Å². The van der Waals surface area contributed by atoms with Gasteiger partial charge in [0.05, 0.1) is 24.8 Å². The Morgan fingerprint density at radius 3 is 2.63 bits per heavy atom. The maximum atomic E-state index is 12.1. The van der Waals surface area contributed by atoms with E-state index in [0.717, 1.165) is 28.9 Å². The van der Waals surface area contributed by atoms with Crippen molar-refractivity contribution in [1.29, 1.82) is 0 Å². The fourth-order valence-corrected chi connectivity index (χ4v) is 3.37. The molecule has 0 saturated carbocycles. The second-order valence-corrected chi connectivity index (χ2v) is 7.71. The van der Waals surface area contributed by atoms with Gasteiger partial charge in [-0.1, -0.05) is 18.2 Å². The average Bonchev–Trinajstić information content (AvgIpc) is 2.64. The summed E-state index contributed by atoms with van der Waals surface area (Å²) in [4.78, 5) is 13.5. The third-order valence-corrected chi connectivity index (χ3v) is 4.72. The summed E-state index contributed by atoms with van der Waals surface area (Å²) in [6.45, 7) is 3.00. The number of nitrogens with two attached hydrogens (primary N) is 1. The lowest BCUT2D eigenvalue weighted by molar-refractivity contribution is -0.875. The van der Waals surface area contributed by atoms with Crippen LogP contribution in [-0.2, 0) is 11.3 Å². The van der Waals surface area contributed by atoms with Crippen LogP contribution in [0.3, 0.4) is 0 Å². The molecule has 0 unspecified atom stereocenters. The number of halogens is 1. The van der Waals surface area contributed by atoms with Crippen molar-refractivity contribution in [1.82, 2.24) is 0 Å². The number of hydrogen-bond donors (Lipinski definition) is 3. The second kappa shape index (κ2) is 11.1. The first-order valence-electron chi connectivity index (χ1n) is 8.94. The predicted octanol–water partition coefficient (Wildman–Crippen LogP) is 0.525. The molecule has 4 N–H and O–H groups in total. The Balaban J connectivity index is 1.94. The third-order valence-electron chi connectivity index (χ3n) is 3.92. The molecule has 0 aliphatic rings. The van der Waals surface area contributed by atoms with Crippen LogP contribution < -0.4 is 25.0 Å². The number of methoxy groups -OCH3 is 1. The molecule has 2 aromatic carbocycles. The summed E-state index contributed by atoms with van der Waals surface area (Å²) in [5.41, 5.74) is 1.92. The number of quaternary nitrogens is 2. The van der Waals surface area contributed by atoms with E-state index < -0.39 is 0 Å². The zero-order chi connectivity index (χ0) is 19.6. The number of hydrogen-bond acceptors (Lipinski definition) is 3. The van der Waals surface area contributed by atoms with Gasteiger partial charge in [0.1, 0.15) is 19.6 Å². The minimum Gasteiger partial charge on any atom is -0.493 e. The molecule has 0 aromatic heterocycles. The van der Waals surface area contributed by atoms with Crippen LogP contribution >= 0.6 is 22.6 Å². The normalized spacial score (nSPS) is 10.7. The quantitative estimate of drug-likeness (QED) is 0.340. The van der Waals surface area contributed by atoms with E-state index in [1.807, 2.05) is 36.4 Å². The van der Waals surface area contributed by atoms with Crippen LogP contribution in [0.2, 0.25) is 0 Å². The van der Waals surface area contributed by atoms with Crippen LogP contribution in [0.1, 0.15) is 5.56 Å². The molecule has 0 aliphatic heterocycles. The van der Waals surface area contributed by atoms with Gasteiger partial charge in [0.2, 0.25) is 0 Å². The maximum absolute atomic E-state index is 12.1. The van der Waals surface area contributed by atoms with Gasteiger partial charge in [-0.05, 0) is 46.9 Å². The standard InChI is InChI=1S/C20H26IN3O3/c1-24(2)10-9-22-13-15-11-17(21)20(18(12-15)26-3)27-14-19(25)23-16-7-5-4-6-8-16/h4-8,11-12,22H,9-10,13-14H2,1-3H3,(H,23,25)/p+2. The maximum Gasteiger partial charge on any atom is 0.262 e. The molecule has 7 heteroatoms. The first kappa shape index (κ1) is 21.5. The molecule has 0 saturated heterocycles. The molecule has 0 aliphatic carbocycles. The number of ether oxygens (including phenoxy) is 2. The molecular weight excluding hydrogens is 457 g/mol. The van der Waals surface area contributed by atoms with Gasteiger partial charge < -0.3 is 25.0 Å². The minimum atomic E-state index is -0.206. The molecule has 0 bridgehead atoms. The van der Waals surface area contributed by atoms with E-state index >= 15 is 0 Å². The lowest BCUT2D eigenvalue weighted by atomic mass is 10.2. The highest BCUT2D eigenvalue weighted by atomic mass is 127. The summed E-state index contributed by atoms with van der Waals surface area (Å²) < 4.78 is 12.2. The average molecular weight is 485 g/mol. The van der Waals surface area contributed by atoms with Crippen molar-refractivity contribution in [2.24, 2.45) is 0 Å². The number of carbonyl (C=O) groups is 1. The number of carbonyl (C=O) groups excluding carboxylic acids is 1. The topological polar surface area (TPSA) is 68.6 Å². The largest absolute Gasteiger partial charge is 0.493 e. The Bertz CT molecular complexity index is 739. The van der Waals surface area contributed by atoms with Crippen LogP contribution in [-0.4, -0.2) is 46.8 Å². The van der Waals surface area contributed by atoms with Gasteiger partial charge in [-0.25, -0.2) is 0 Å². The van der Waals surface area contributed by atoms with Gasteiger partial charge in [0.15, 0.2) is 18.1 Å². The van der Waals surface area contributed by atoms with E-state index in [0.29, 0.717) is 11.5 Å². The molecule has 0 spiro atoms. The van der Waals surface area contributed by atoms with E-state index in [9.17, 15) is 4.79 Å². The summed E-state index contributed by atoms with van der Waals surface area (Å²) in [5, 5.41) is 5.09. The van der Waals surface area contributed by atoms with E-state index in [-0.39, 0.29) is 12.5 Å². The number of amides is 1. The first-order chi connectivity index (χ1) is 13.0. The number of nitrogens with one attached hydrogen (secondary N) is 2. The van der Waals surface area contributed by atoms with Crippen LogP contribution in [0, 0.1) is 3.57 Å². The van der Waals surface area contributed by atoms with Crippen molar-refractivity contribution in [2.45, 2.75) is 6.54 Å². The molecule has 0 fully saturated rings. The lowest BCUT2D eigenvalue weighted by Gasteiger charge is -2.14. The van der Waals surface area contributed by atoms with Gasteiger partial charge in [0, 0.05) is 11.3 Å². The minimum absolute atomic E-state index is 0.0711. The van der Waals surface area contributed by atoms with Gasteiger partial charge in [-0.3, -0.25) is 4.79 Å². The van der Waals surface area contributed by atoms with Gasteiger partial charge in [-0.15, -0.1) is 0 Å². The zero-order valence-corrected chi connectivity index (χ0v) is 18.2. The molecule has 1 amide bonds. The Kier molecular flexibility index (Phi) is 8.83. The van der Waals surface area contributed by atoms with E-state index in [2.05, 4.69) is 53.4 Å². The van der Waals surface area contributed by atoms with Crippen molar-refractivity contribution < 1.29 is 24.5 Å². The molecule has 2 rings (SSSR count). The molecule has 0 atom stereocenters. The Morgan fingerprint density at radius 1 is 1.22 bits per heavy atom. The summed E-state index contributed by atoms with van der Waals surface area (Å²) in [6, 6.07) is 13.4.